The number of nitrogens with one attached hydrogen (secondary N) is 2. The fourth-order valence-corrected chi connectivity index (χ4v) is 4.49. The Bertz CT molecular complexity index is 935. The molecule has 31 heavy (non-hydrogen) atoms. The van der Waals surface area contributed by atoms with Crippen molar-refractivity contribution in [3.63, 3.8) is 0 Å². The van der Waals surface area contributed by atoms with Gasteiger partial charge in [0.05, 0.1) is 12.3 Å². The fourth-order valence-electron chi connectivity index (χ4n) is 3.21. The molecular weight excluding hydrogens is 430 g/mol. The Morgan fingerprint density at radius 2 is 2.03 bits per heavy atom. The molecule has 1 aromatic rings. The number of hydrogen-bond acceptors (Lipinski definition) is 8. The number of nitrogens with zero attached hydrogens (tertiary/aromatic N) is 1. The molecule has 0 radical (unpaired) electrons. The zero-order chi connectivity index (χ0) is 22.5. The van der Waals surface area contributed by atoms with Gasteiger partial charge in [-0.25, -0.2) is 9.59 Å². The molecule has 2 aliphatic heterocycles. The van der Waals surface area contributed by atoms with Crippen molar-refractivity contribution in [1.82, 2.24) is 15.5 Å². The Labute approximate surface area is 180 Å². The van der Waals surface area contributed by atoms with Crippen LogP contribution < -0.4 is 10.6 Å². The zero-order valence-corrected chi connectivity index (χ0v) is 17.1. The Morgan fingerprint density at radius 1 is 1.32 bits per heavy atom. The van der Waals surface area contributed by atoms with Gasteiger partial charge in [0.2, 0.25) is 6.10 Å². The molecule has 0 saturated carbocycles. The summed E-state index contributed by atoms with van der Waals surface area (Å²) in [5, 5.41) is 13.7. The maximum Gasteiger partial charge on any atom is 0.411 e. The van der Waals surface area contributed by atoms with E-state index in [1.807, 2.05) is 0 Å². The molecule has 1 fully saturated rings. The Balaban J connectivity index is 1.76. The third-order valence-electron chi connectivity index (χ3n) is 4.53. The zero-order valence-electron chi connectivity index (χ0n) is 16.3. The monoisotopic (exact) mass is 449 g/mol. The smallest absolute Gasteiger partial charge is 0.411 e. The first kappa shape index (κ1) is 22.2. The molecule has 2 heterocycles. The van der Waals surface area contributed by atoms with E-state index in [4.69, 9.17) is 9.47 Å². The Kier molecular flexibility index (Phi) is 6.80. The molecule has 0 bridgehead atoms. The van der Waals surface area contributed by atoms with E-state index in [2.05, 4.69) is 10.6 Å². The van der Waals surface area contributed by atoms with Crippen LogP contribution in [0.3, 0.4) is 0 Å². The molecule has 11 nitrogen and oxygen atoms in total. The summed E-state index contributed by atoms with van der Waals surface area (Å²) in [6.45, 7) is 1.83. The van der Waals surface area contributed by atoms with Gasteiger partial charge in [0.15, 0.2) is 5.70 Å². The number of β-lactam (4-membered cyclic amide) rings is 1. The van der Waals surface area contributed by atoms with E-state index in [-0.39, 0.29) is 30.2 Å². The van der Waals surface area contributed by atoms with Crippen LogP contribution in [0.25, 0.3) is 0 Å². The van der Waals surface area contributed by atoms with Gasteiger partial charge in [-0.15, -0.1) is 11.8 Å². The number of thioether (sulfide) groups is 1. The van der Waals surface area contributed by atoms with Crippen molar-refractivity contribution in [3.8, 4) is 0 Å². The molecule has 12 heteroatoms. The van der Waals surface area contributed by atoms with E-state index in [0.717, 1.165) is 4.90 Å². The van der Waals surface area contributed by atoms with Crippen molar-refractivity contribution in [3.05, 3.63) is 47.3 Å². The molecule has 2 unspecified atom stereocenters. The molecule has 3 atom stereocenters. The predicted octanol–water partition coefficient (Wildman–Crippen LogP) is 0.343. The van der Waals surface area contributed by atoms with Crippen LogP contribution in [0.15, 0.2) is 41.7 Å². The van der Waals surface area contributed by atoms with Gasteiger partial charge < -0.3 is 19.9 Å². The van der Waals surface area contributed by atoms with Crippen molar-refractivity contribution >= 4 is 42.1 Å². The van der Waals surface area contributed by atoms with Crippen LogP contribution in [-0.2, 0) is 28.7 Å². The van der Waals surface area contributed by atoms with E-state index < -0.39 is 41.4 Å². The molecule has 1 aromatic carbocycles. The summed E-state index contributed by atoms with van der Waals surface area (Å²) in [5.74, 6) is -2.70. The summed E-state index contributed by atoms with van der Waals surface area (Å²) >= 11 is 1.17. The number of alkyl carbamates (subject to hydrolysis) is 1. The average Bonchev–Trinajstić information content (AvgIpc) is 2.75. The number of carboxylic acid groups (broad SMARTS) is 1. The van der Waals surface area contributed by atoms with Crippen LogP contribution in [0.2, 0.25) is 0 Å². The van der Waals surface area contributed by atoms with E-state index >= 15 is 0 Å². The summed E-state index contributed by atoms with van der Waals surface area (Å²) in [5.41, 5.74) is 0.0619. The predicted molar refractivity (Wildman–Crippen MR) is 106 cm³/mol. The minimum absolute atomic E-state index is 0.0248. The first-order valence-corrected chi connectivity index (χ1v) is 10.2. The number of benzene rings is 1. The second kappa shape index (κ2) is 9.51. The lowest BCUT2D eigenvalue weighted by molar-refractivity contribution is -0.154. The number of carbonyl (C=O) groups is 5. The molecule has 3 amide bonds. The van der Waals surface area contributed by atoms with E-state index in [9.17, 15) is 29.1 Å². The lowest BCUT2D eigenvalue weighted by atomic mass is 10.0. The van der Waals surface area contributed by atoms with E-state index in [1.165, 1.54) is 11.8 Å². The second-order valence-electron chi connectivity index (χ2n) is 6.40. The van der Waals surface area contributed by atoms with Gasteiger partial charge in [0.1, 0.15) is 11.4 Å². The molecule has 2 aliphatic rings. The summed E-state index contributed by atoms with van der Waals surface area (Å²) in [4.78, 5) is 60.6. The summed E-state index contributed by atoms with van der Waals surface area (Å²) < 4.78 is 9.64. The van der Waals surface area contributed by atoms with Gasteiger partial charge in [0, 0.05) is 11.3 Å². The van der Waals surface area contributed by atoms with Gasteiger partial charge in [-0.2, -0.15) is 0 Å². The number of carboxylic acids is 1. The van der Waals surface area contributed by atoms with Gasteiger partial charge in [-0.1, -0.05) is 30.3 Å². The SMILES string of the molecule is CCOC(=O)NC1=C(C(=O)O)N2C(=O)C(NC(=O)C(OC=O)c3ccccc3)[C@H]2SC1. The van der Waals surface area contributed by atoms with Gasteiger partial charge in [0.25, 0.3) is 18.3 Å². The highest BCUT2D eigenvalue weighted by molar-refractivity contribution is 8.00. The molecular formula is C19H19N3O8S. The molecule has 0 aliphatic carbocycles. The number of aliphatic carboxylic acids is 1. The lowest BCUT2D eigenvalue weighted by Crippen LogP contribution is -2.71. The van der Waals surface area contributed by atoms with Crippen molar-refractivity contribution in [1.29, 1.82) is 0 Å². The topological polar surface area (TPSA) is 151 Å². The van der Waals surface area contributed by atoms with Gasteiger partial charge >= 0.3 is 12.1 Å². The molecule has 3 N–H and O–H groups in total. The van der Waals surface area contributed by atoms with Crippen LogP contribution in [0.5, 0.6) is 0 Å². The Hall–Kier alpha value is -3.54. The highest BCUT2D eigenvalue weighted by Gasteiger charge is 2.55. The average molecular weight is 449 g/mol. The second-order valence-corrected chi connectivity index (χ2v) is 7.50. The minimum Gasteiger partial charge on any atom is -0.477 e. The normalized spacial score (nSPS) is 20.7. The Morgan fingerprint density at radius 3 is 2.65 bits per heavy atom. The number of hydrogen-bond donors (Lipinski definition) is 3. The van der Waals surface area contributed by atoms with E-state index in [0.29, 0.717) is 5.56 Å². The van der Waals surface area contributed by atoms with Crippen LogP contribution in [0.4, 0.5) is 4.79 Å². The molecule has 1 saturated heterocycles. The summed E-state index contributed by atoms with van der Waals surface area (Å²) in [7, 11) is 0. The number of rotatable bonds is 8. The van der Waals surface area contributed by atoms with Crippen molar-refractivity contribution < 1.29 is 38.6 Å². The fraction of sp³-hybridized carbons (Fsp3) is 0.316. The minimum atomic E-state index is -1.40. The maximum atomic E-state index is 12.7. The van der Waals surface area contributed by atoms with Crippen LogP contribution in [-0.4, -0.2) is 64.1 Å². The highest BCUT2D eigenvalue weighted by Crippen LogP contribution is 2.40. The van der Waals surface area contributed by atoms with Crippen LogP contribution in [0.1, 0.15) is 18.6 Å². The van der Waals surface area contributed by atoms with Crippen molar-refractivity contribution in [2.45, 2.75) is 24.4 Å². The molecule has 164 valence electrons. The van der Waals surface area contributed by atoms with Crippen LogP contribution >= 0.6 is 11.8 Å². The summed E-state index contributed by atoms with van der Waals surface area (Å²) in [6, 6.07) is 7.23. The molecule has 0 aromatic heterocycles. The van der Waals surface area contributed by atoms with Crippen molar-refractivity contribution in [2.75, 3.05) is 12.4 Å². The summed E-state index contributed by atoms with van der Waals surface area (Å²) in [6.07, 6.45) is -2.09. The van der Waals surface area contributed by atoms with Gasteiger partial charge in [-0.05, 0) is 6.92 Å². The highest BCUT2D eigenvalue weighted by atomic mass is 32.2. The lowest BCUT2D eigenvalue weighted by Gasteiger charge is -2.49. The third-order valence-corrected chi connectivity index (χ3v) is 5.81. The molecule has 3 rings (SSSR count). The third kappa shape index (κ3) is 4.48. The number of ether oxygens (including phenoxy) is 2. The number of carbonyl (C=O) groups excluding carboxylic acids is 4. The largest absolute Gasteiger partial charge is 0.477 e. The first-order valence-electron chi connectivity index (χ1n) is 9.18. The first-order chi connectivity index (χ1) is 14.9. The number of amides is 3. The van der Waals surface area contributed by atoms with Crippen LogP contribution in [0, 0.1) is 0 Å². The maximum absolute atomic E-state index is 12.7. The van der Waals surface area contributed by atoms with Crippen molar-refractivity contribution in [2.24, 2.45) is 0 Å². The molecule has 0 spiro atoms. The van der Waals surface area contributed by atoms with E-state index in [1.54, 1.807) is 37.3 Å². The quantitative estimate of drug-likeness (QED) is 0.377. The van der Waals surface area contributed by atoms with Gasteiger partial charge in [-0.3, -0.25) is 24.6 Å². The standard InChI is InChI=1S/C19H19N3O8S/c1-2-29-19(28)20-11-8-31-17-12(16(25)22(17)13(11)18(26)27)21-15(24)14(30-9-23)10-6-4-3-5-7-10/h3-7,9,12,14,17H,2,8H2,1H3,(H,20,28)(H,21,24)(H,26,27)/t12?,14?,17-/m1/s1. The number of fused-ring (bicyclic) bond motifs is 1.